The molecule has 0 aromatic carbocycles. The second kappa shape index (κ2) is 6.72. The summed E-state index contributed by atoms with van der Waals surface area (Å²) in [6, 6.07) is 2.07. The molecule has 6 heteroatoms. The first-order valence-corrected chi connectivity index (χ1v) is 9.96. The highest BCUT2D eigenvalue weighted by Crippen LogP contribution is 2.34. The third-order valence-electron chi connectivity index (χ3n) is 5.53. The van der Waals surface area contributed by atoms with Gasteiger partial charge in [-0.2, -0.15) is 5.26 Å². The van der Waals surface area contributed by atoms with Crippen LogP contribution in [0.15, 0.2) is 4.79 Å². The molecule has 1 N–H and O–H groups in total. The van der Waals surface area contributed by atoms with Crippen LogP contribution in [0, 0.1) is 17.2 Å². The minimum Gasteiger partial charge on any atom is -0.308 e. The van der Waals surface area contributed by atoms with Gasteiger partial charge >= 0.3 is 0 Å². The number of ketones is 1. The van der Waals surface area contributed by atoms with Crippen LogP contribution in [-0.2, 0) is 17.6 Å². The van der Waals surface area contributed by atoms with Gasteiger partial charge in [-0.3, -0.25) is 9.59 Å². The lowest BCUT2D eigenvalue weighted by molar-refractivity contribution is -0.120. The number of aromatic amines is 1. The number of rotatable bonds is 4. The maximum atomic E-state index is 12.6. The molecule has 1 saturated carbocycles. The van der Waals surface area contributed by atoms with E-state index in [4.69, 9.17) is 0 Å². The number of aromatic nitrogens is 2. The van der Waals surface area contributed by atoms with E-state index in [1.54, 1.807) is 11.3 Å². The Balaban J connectivity index is 1.68. The molecule has 4 rings (SSSR count). The molecule has 2 aliphatic carbocycles. The lowest BCUT2D eigenvalue weighted by Gasteiger charge is -2.12. The number of hydrogen-bond donors (Lipinski definition) is 1. The summed E-state index contributed by atoms with van der Waals surface area (Å²) < 4.78 is 0. The molecule has 1 fully saturated rings. The van der Waals surface area contributed by atoms with Gasteiger partial charge in [0.15, 0.2) is 11.7 Å². The number of aryl methyl sites for hydroxylation is 2. The van der Waals surface area contributed by atoms with E-state index in [-0.39, 0.29) is 17.2 Å². The van der Waals surface area contributed by atoms with Gasteiger partial charge in [0.25, 0.3) is 5.56 Å². The maximum absolute atomic E-state index is 12.6. The molecular formula is C19H21N3O2S. The highest BCUT2D eigenvalue weighted by atomic mass is 32.1. The molecule has 0 bridgehead atoms. The summed E-state index contributed by atoms with van der Waals surface area (Å²) in [5.41, 5.74) is 0.922. The molecule has 2 aromatic rings. The first-order chi connectivity index (χ1) is 12.2. The molecule has 0 amide bonds. The second-order valence-corrected chi connectivity index (χ2v) is 8.31. The van der Waals surface area contributed by atoms with E-state index in [2.05, 4.69) is 16.0 Å². The fourth-order valence-electron chi connectivity index (χ4n) is 4.22. The molecule has 1 atom stereocenters. The zero-order valence-corrected chi connectivity index (χ0v) is 15.0. The van der Waals surface area contributed by atoms with Crippen molar-refractivity contribution in [2.75, 3.05) is 0 Å². The third-order valence-corrected chi connectivity index (χ3v) is 6.72. The fourth-order valence-corrected chi connectivity index (χ4v) is 5.49. The van der Waals surface area contributed by atoms with Gasteiger partial charge in [-0.1, -0.05) is 25.7 Å². The number of nitrogens with one attached hydrogen (secondary N) is 1. The summed E-state index contributed by atoms with van der Waals surface area (Å²) in [5, 5.41) is 10.2. The van der Waals surface area contributed by atoms with Crippen LogP contribution in [0.1, 0.15) is 67.1 Å². The number of hydrogen-bond acceptors (Lipinski definition) is 5. The Hall–Kier alpha value is -2.00. The number of carbonyl (C=O) groups excluding carboxylic acids is 1. The number of nitriles is 1. The van der Waals surface area contributed by atoms with Crippen LogP contribution in [0.2, 0.25) is 0 Å². The number of fused-ring (bicyclic) bond motifs is 3. The Morgan fingerprint density at radius 1 is 1.28 bits per heavy atom. The number of Topliss-reactive ketones (excluding diaryl/α,β-unsaturated/α-hetero) is 1. The summed E-state index contributed by atoms with van der Waals surface area (Å²) in [6.45, 7) is 0. The molecule has 1 unspecified atom stereocenters. The fraction of sp³-hybridized carbons (Fsp3) is 0.579. The van der Waals surface area contributed by atoms with Gasteiger partial charge in [0, 0.05) is 11.3 Å². The van der Waals surface area contributed by atoms with E-state index < -0.39 is 5.92 Å². The van der Waals surface area contributed by atoms with Crippen molar-refractivity contribution in [3.63, 3.8) is 0 Å². The van der Waals surface area contributed by atoms with E-state index in [0.717, 1.165) is 56.9 Å². The van der Waals surface area contributed by atoms with Crippen LogP contribution in [-0.4, -0.2) is 15.8 Å². The quantitative estimate of drug-likeness (QED) is 0.907. The summed E-state index contributed by atoms with van der Waals surface area (Å²) in [4.78, 5) is 34.4. The highest BCUT2D eigenvalue weighted by molar-refractivity contribution is 7.18. The molecule has 2 aliphatic rings. The van der Waals surface area contributed by atoms with Gasteiger partial charge < -0.3 is 4.98 Å². The van der Waals surface area contributed by atoms with Gasteiger partial charge in [0.1, 0.15) is 10.7 Å². The van der Waals surface area contributed by atoms with E-state index >= 15 is 0 Å². The van der Waals surface area contributed by atoms with E-state index in [1.807, 2.05) is 0 Å². The molecule has 5 nitrogen and oxygen atoms in total. The van der Waals surface area contributed by atoms with Crippen LogP contribution >= 0.6 is 11.3 Å². The molecule has 130 valence electrons. The minimum atomic E-state index is -0.961. The SMILES string of the molecule is N#CC(C(=O)CC1CCCC1)c1nc2sc3c(c2c(=O)[nH]1)CCCC3. The second-order valence-electron chi connectivity index (χ2n) is 7.23. The number of thiophene rings is 1. The topological polar surface area (TPSA) is 86.6 Å². The first-order valence-electron chi connectivity index (χ1n) is 9.14. The van der Waals surface area contributed by atoms with Crippen molar-refractivity contribution >= 4 is 27.3 Å². The monoisotopic (exact) mass is 355 g/mol. The Morgan fingerprint density at radius 2 is 2.04 bits per heavy atom. The summed E-state index contributed by atoms with van der Waals surface area (Å²) in [6.07, 6.45) is 9.02. The van der Waals surface area contributed by atoms with Gasteiger partial charge in [0.2, 0.25) is 0 Å². The van der Waals surface area contributed by atoms with Crippen molar-refractivity contribution in [1.82, 2.24) is 9.97 Å². The first kappa shape index (κ1) is 16.5. The number of H-pyrrole nitrogens is 1. The normalized spacial score (nSPS) is 18.8. The molecular weight excluding hydrogens is 334 g/mol. The lowest BCUT2D eigenvalue weighted by Crippen LogP contribution is -2.21. The smallest absolute Gasteiger partial charge is 0.259 e. The average molecular weight is 355 g/mol. The Labute approximate surface area is 150 Å². The Kier molecular flexibility index (Phi) is 4.43. The maximum Gasteiger partial charge on any atom is 0.259 e. The molecule has 2 heterocycles. The largest absolute Gasteiger partial charge is 0.308 e. The third kappa shape index (κ3) is 3.02. The van der Waals surface area contributed by atoms with E-state index in [0.29, 0.717) is 22.6 Å². The van der Waals surface area contributed by atoms with Gasteiger partial charge in [0.05, 0.1) is 11.5 Å². The van der Waals surface area contributed by atoms with Crippen LogP contribution in [0.25, 0.3) is 10.2 Å². The summed E-state index contributed by atoms with van der Waals surface area (Å²) >= 11 is 1.55. The molecule has 0 spiro atoms. The van der Waals surface area contributed by atoms with Crippen molar-refractivity contribution < 1.29 is 4.79 Å². The summed E-state index contributed by atoms with van der Waals surface area (Å²) in [7, 11) is 0. The van der Waals surface area contributed by atoms with Crippen LogP contribution in [0.4, 0.5) is 0 Å². The number of carbonyl (C=O) groups is 1. The predicted octanol–water partition coefficient (Wildman–Crippen LogP) is 3.62. The van der Waals surface area contributed by atoms with Crippen molar-refractivity contribution in [2.24, 2.45) is 5.92 Å². The minimum absolute atomic E-state index is 0.113. The summed E-state index contributed by atoms with van der Waals surface area (Å²) in [5.74, 6) is -0.468. The van der Waals surface area contributed by atoms with Crippen molar-refractivity contribution in [3.8, 4) is 6.07 Å². The zero-order valence-electron chi connectivity index (χ0n) is 14.1. The van der Waals surface area contributed by atoms with Crippen molar-refractivity contribution in [1.29, 1.82) is 5.26 Å². The van der Waals surface area contributed by atoms with Crippen molar-refractivity contribution in [3.05, 3.63) is 26.6 Å². The highest BCUT2D eigenvalue weighted by Gasteiger charge is 2.28. The van der Waals surface area contributed by atoms with Gasteiger partial charge in [-0.25, -0.2) is 4.98 Å². The lowest BCUT2D eigenvalue weighted by atomic mass is 9.93. The predicted molar refractivity (Wildman–Crippen MR) is 96.8 cm³/mol. The average Bonchev–Trinajstić information content (AvgIpc) is 3.22. The molecule has 25 heavy (non-hydrogen) atoms. The number of nitrogens with zero attached hydrogens (tertiary/aromatic N) is 2. The van der Waals surface area contributed by atoms with Crippen LogP contribution in [0.3, 0.4) is 0 Å². The van der Waals surface area contributed by atoms with Gasteiger partial charge in [-0.05, 0) is 37.2 Å². The standard InChI is InChI=1S/C19H21N3O2S/c20-10-13(14(23)9-11-5-1-2-6-11)17-21-18(24)16-12-7-3-4-8-15(12)25-19(16)22-17/h11,13H,1-9H2,(H,21,22,24). The van der Waals surface area contributed by atoms with Crippen molar-refractivity contribution in [2.45, 2.75) is 63.7 Å². The van der Waals surface area contributed by atoms with Crippen LogP contribution < -0.4 is 5.56 Å². The Bertz CT molecular complexity index is 915. The zero-order chi connectivity index (χ0) is 17.4. The molecule has 0 aliphatic heterocycles. The van der Waals surface area contributed by atoms with Gasteiger partial charge in [-0.15, -0.1) is 11.3 Å². The van der Waals surface area contributed by atoms with E-state index in [9.17, 15) is 14.9 Å². The molecule has 0 saturated heterocycles. The molecule has 2 aromatic heterocycles. The Morgan fingerprint density at radius 3 is 2.80 bits per heavy atom. The van der Waals surface area contributed by atoms with Crippen LogP contribution in [0.5, 0.6) is 0 Å². The molecule has 0 radical (unpaired) electrons. The van der Waals surface area contributed by atoms with E-state index in [1.165, 1.54) is 4.88 Å².